The Kier molecular flexibility index (Phi) is 7.46. The molecular weight excluding hydrogens is 223 g/mol. The Balaban J connectivity index is 0. The molecule has 0 saturated heterocycles. The first kappa shape index (κ1) is 11.1. The van der Waals surface area contributed by atoms with Crippen LogP contribution in [-0.4, -0.2) is 5.97 Å². The fourth-order valence-electron chi connectivity index (χ4n) is 0.162. The number of rotatable bonds is 1. The molecule has 0 spiro atoms. The van der Waals surface area contributed by atoms with E-state index < -0.39 is 5.97 Å². The second kappa shape index (κ2) is 5.38. The maximum Gasteiger partial charge on any atom is 1.00 e. The van der Waals surface area contributed by atoms with Crippen LogP contribution in [0.4, 0.5) is 0 Å². The number of halogens is 1. The number of hydrogen-bond acceptors (Lipinski definition) is 2. The molecule has 0 amide bonds. The van der Waals surface area contributed by atoms with Crippen LogP contribution in [0.15, 0.2) is 11.1 Å². The van der Waals surface area contributed by atoms with Gasteiger partial charge in [-0.3, -0.25) is 0 Å². The molecule has 0 atom stereocenters. The minimum Gasteiger partial charge on any atom is -0.545 e. The van der Waals surface area contributed by atoms with Gasteiger partial charge in [-0.1, -0.05) is 11.6 Å². The Morgan fingerprint density at radius 1 is 1.75 bits per heavy atom. The molecule has 0 aliphatic rings. The number of carbonyl (C=O) groups is 1. The summed E-state index contributed by atoms with van der Waals surface area (Å²) in [5.74, 6) is -1.26. The average Bonchev–Trinajstić information content (AvgIpc) is 1.27. The number of hydrogen-bond donors (Lipinski definition) is 0. The maximum absolute atomic E-state index is 9.54. The van der Waals surface area contributed by atoms with Crippen LogP contribution in [0, 0.1) is 0 Å². The zero-order chi connectivity index (χ0) is 5.86. The summed E-state index contributed by atoms with van der Waals surface area (Å²) in [6.07, 6.45) is 0.821. The Morgan fingerprint density at radius 2 is 2.12 bits per heavy atom. The van der Waals surface area contributed by atoms with Crippen molar-refractivity contribution in [2.45, 2.75) is 6.92 Å². The molecule has 50 valence electrons. The van der Waals surface area contributed by atoms with E-state index in [2.05, 4.69) is 0 Å². The molecule has 0 bridgehead atoms. The summed E-state index contributed by atoms with van der Waals surface area (Å²) in [6.45, 7) is 1.47. The van der Waals surface area contributed by atoms with E-state index in [1.165, 1.54) is 6.92 Å². The molecule has 8 heavy (non-hydrogen) atoms. The molecule has 0 saturated carbocycles. The van der Waals surface area contributed by atoms with Crippen molar-refractivity contribution in [3.8, 4) is 0 Å². The summed E-state index contributed by atoms with van der Waals surface area (Å²) in [4.78, 5) is 9.54. The summed E-state index contributed by atoms with van der Waals surface area (Å²) >= 11 is 5.11. The third kappa shape index (κ3) is 9.53. The zero-order valence-corrected chi connectivity index (χ0v) is 6.31. The van der Waals surface area contributed by atoms with Crippen LogP contribution < -0.4 is 5.11 Å². The van der Waals surface area contributed by atoms with Crippen LogP contribution in [0.1, 0.15) is 6.92 Å². The van der Waals surface area contributed by atoms with E-state index in [0.717, 1.165) is 6.08 Å². The number of carboxylic acids is 1. The van der Waals surface area contributed by atoms with Crippen molar-refractivity contribution in [2.75, 3.05) is 0 Å². The van der Waals surface area contributed by atoms with Crippen molar-refractivity contribution >= 4 is 17.6 Å². The van der Waals surface area contributed by atoms with Gasteiger partial charge < -0.3 is 9.90 Å². The largest absolute Gasteiger partial charge is 1.00 e. The summed E-state index contributed by atoms with van der Waals surface area (Å²) in [6, 6.07) is 0. The van der Waals surface area contributed by atoms with Crippen LogP contribution in [-0.2, 0) is 27.2 Å². The minimum absolute atomic E-state index is 0. The number of aliphatic carboxylic acids is 1. The van der Waals surface area contributed by atoms with Crippen LogP contribution in [0.2, 0.25) is 0 Å². The molecule has 0 aromatic heterocycles. The summed E-state index contributed by atoms with van der Waals surface area (Å²) < 4.78 is 0. The molecular formula is C4H4AgClO2. The van der Waals surface area contributed by atoms with E-state index in [-0.39, 0.29) is 27.4 Å². The molecule has 0 radical (unpaired) electrons. The third-order valence-electron chi connectivity index (χ3n) is 0.317. The topological polar surface area (TPSA) is 40.1 Å². The van der Waals surface area contributed by atoms with E-state index in [1.807, 2.05) is 0 Å². The second-order valence-electron chi connectivity index (χ2n) is 1.05. The minimum atomic E-state index is -1.26. The van der Waals surface area contributed by atoms with Gasteiger partial charge in [0.25, 0.3) is 0 Å². The smallest absolute Gasteiger partial charge is 0.545 e. The summed E-state index contributed by atoms with van der Waals surface area (Å²) in [5.41, 5.74) is 0. The molecule has 0 heterocycles. The Labute approximate surface area is 68.0 Å². The van der Waals surface area contributed by atoms with Crippen LogP contribution in [0.5, 0.6) is 0 Å². The van der Waals surface area contributed by atoms with Gasteiger partial charge >= 0.3 is 22.4 Å². The fourth-order valence-corrected chi connectivity index (χ4v) is 0.251. The van der Waals surface area contributed by atoms with Crippen LogP contribution >= 0.6 is 11.6 Å². The molecule has 0 unspecified atom stereocenters. The molecule has 2 nitrogen and oxygen atoms in total. The van der Waals surface area contributed by atoms with Gasteiger partial charge in [0.1, 0.15) is 0 Å². The van der Waals surface area contributed by atoms with Crippen molar-refractivity contribution in [2.24, 2.45) is 0 Å². The molecule has 0 aliphatic carbocycles. The molecule has 4 heteroatoms. The van der Waals surface area contributed by atoms with Crippen molar-refractivity contribution in [1.29, 1.82) is 0 Å². The first-order chi connectivity index (χ1) is 3.13. The molecule has 0 N–H and O–H groups in total. The zero-order valence-electron chi connectivity index (χ0n) is 4.07. The van der Waals surface area contributed by atoms with E-state index in [0.29, 0.717) is 0 Å². The summed E-state index contributed by atoms with van der Waals surface area (Å²) in [5, 5.41) is 9.76. The van der Waals surface area contributed by atoms with Gasteiger partial charge in [0.2, 0.25) is 0 Å². The van der Waals surface area contributed by atoms with E-state index in [1.54, 1.807) is 0 Å². The normalized spacial score (nSPS) is 10.0. The molecule has 0 aliphatic heterocycles. The standard InChI is InChI=1S/C4H5ClO2.Ag/c1-3(5)2-4(6)7;/h2H,1H3,(H,6,7);/q;+1/p-1/b3-2-;. The molecule has 0 aromatic rings. The molecule has 0 fully saturated rings. The van der Waals surface area contributed by atoms with Gasteiger partial charge in [-0.25, -0.2) is 0 Å². The van der Waals surface area contributed by atoms with Crippen molar-refractivity contribution in [3.63, 3.8) is 0 Å². The van der Waals surface area contributed by atoms with Gasteiger partial charge in [-0.2, -0.15) is 0 Å². The monoisotopic (exact) mass is 226 g/mol. The summed E-state index contributed by atoms with van der Waals surface area (Å²) in [7, 11) is 0. The second-order valence-corrected chi connectivity index (χ2v) is 1.65. The van der Waals surface area contributed by atoms with Crippen LogP contribution in [0.25, 0.3) is 0 Å². The number of carbonyl (C=O) groups excluding carboxylic acids is 1. The van der Waals surface area contributed by atoms with Gasteiger partial charge in [-0.05, 0) is 13.0 Å². The van der Waals surface area contributed by atoms with Crippen molar-refractivity contribution < 1.29 is 32.3 Å². The molecule has 0 aromatic carbocycles. The maximum atomic E-state index is 9.54. The van der Waals surface area contributed by atoms with Gasteiger partial charge in [0.05, 0.1) is 5.97 Å². The fraction of sp³-hybridized carbons (Fsp3) is 0.250. The van der Waals surface area contributed by atoms with Gasteiger partial charge in [0.15, 0.2) is 0 Å². The predicted molar refractivity (Wildman–Crippen MR) is 24.6 cm³/mol. The predicted octanol–water partition coefficient (Wildman–Crippen LogP) is -0.124. The first-order valence-electron chi connectivity index (χ1n) is 1.67. The molecule has 0 rings (SSSR count). The quantitative estimate of drug-likeness (QED) is 0.463. The van der Waals surface area contributed by atoms with Crippen molar-refractivity contribution in [3.05, 3.63) is 11.1 Å². The van der Waals surface area contributed by atoms with Gasteiger partial charge in [0, 0.05) is 5.03 Å². The SMILES string of the molecule is C/C(Cl)=C/C(=O)[O-].[Ag+]. The first-order valence-corrected chi connectivity index (χ1v) is 2.05. The number of carboxylic acid groups (broad SMARTS) is 1. The van der Waals surface area contributed by atoms with Gasteiger partial charge in [-0.15, -0.1) is 0 Å². The van der Waals surface area contributed by atoms with E-state index in [9.17, 15) is 9.90 Å². The Hall–Kier alpha value is 0.240. The van der Waals surface area contributed by atoms with E-state index in [4.69, 9.17) is 11.6 Å². The van der Waals surface area contributed by atoms with Crippen molar-refractivity contribution in [1.82, 2.24) is 0 Å². The Morgan fingerprint density at radius 3 is 2.12 bits per heavy atom. The van der Waals surface area contributed by atoms with E-state index >= 15 is 0 Å². The Bertz CT molecular complexity index is 107. The third-order valence-corrected chi connectivity index (χ3v) is 0.426. The van der Waals surface area contributed by atoms with Crippen LogP contribution in [0.3, 0.4) is 0 Å². The number of allylic oxidation sites excluding steroid dienone is 1. The average molecular weight is 227 g/mol.